The molecule has 7 heteroatoms. The van der Waals surface area contributed by atoms with E-state index in [9.17, 15) is 14.0 Å². The summed E-state index contributed by atoms with van der Waals surface area (Å²) in [5.41, 5.74) is 2.72. The molecule has 0 saturated carbocycles. The Hall–Kier alpha value is -2.72. The van der Waals surface area contributed by atoms with Crippen LogP contribution in [0.3, 0.4) is 0 Å². The van der Waals surface area contributed by atoms with Crippen LogP contribution in [0.2, 0.25) is 0 Å². The first kappa shape index (κ1) is 19.6. The number of ether oxygens (including phenoxy) is 1. The molecule has 0 bridgehead atoms. The molecule has 1 unspecified atom stereocenters. The van der Waals surface area contributed by atoms with E-state index in [1.807, 2.05) is 24.4 Å². The van der Waals surface area contributed by atoms with Crippen molar-refractivity contribution in [2.45, 2.75) is 31.2 Å². The predicted octanol–water partition coefficient (Wildman–Crippen LogP) is 5.25. The number of halogens is 2. The number of piperidine rings is 1. The molecule has 0 aromatic heterocycles. The Kier molecular flexibility index (Phi) is 5.63. The molecule has 2 heterocycles. The molecule has 150 valence electrons. The van der Waals surface area contributed by atoms with Crippen LogP contribution in [0.15, 0.2) is 48.0 Å². The topological polar surface area (TPSA) is 39.5 Å². The highest BCUT2D eigenvalue weighted by molar-refractivity contribution is 8.03. The van der Waals surface area contributed by atoms with Gasteiger partial charge in [-0.05, 0) is 42.7 Å². The standard InChI is InChI=1S/C22H21F2N3OS/c1-15-27(10-11-29-15)21-12-16(14-25)2-4-20(21)26-8-6-18(7-9-26)28-22-5-3-17(23)13-19(22)24/h2-5,10-13,15,18H,6-9H2,1H3. The van der Waals surface area contributed by atoms with Crippen LogP contribution in [-0.2, 0) is 0 Å². The van der Waals surface area contributed by atoms with Crippen molar-refractivity contribution in [3.63, 3.8) is 0 Å². The quantitative estimate of drug-likeness (QED) is 0.684. The van der Waals surface area contributed by atoms with E-state index in [4.69, 9.17) is 4.74 Å². The van der Waals surface area contributed by atoms with Gasteiger partial charge in [0.1, 0.15) is 11.9 Å². The molecule has 29 heavy (non-hydrogen) atoms. The highest BCUT2D eigenvalue weighted by atomic mass is 32.2. The van der Waals surface area contributed by atoms with E-state index in [0.29, 0.717) is 5.56 Å². The maximum Gasteiger partial charge on any atom is 0.167 e. The van der Waals surface area contributed by atoms with Crippen LogP contribution >= 0.6 is 11.8 Å². The van der Waals surface area contributed by atoms with E-state index in [2.05, 4.69) is 28.2 Å². The summed E-state index contributed by atoms with van der Waals surface area (Å²) in [6.07, 6.45) is 3.39. The first-order chi connectivity index (χ1) is 14.0. The number of rotatable bonds is 4. The average molecular weight is 413 g/mol. The number of nitrogens with zero attached hydrogens (tertiary/aromatic N) is 3. The van der Waals surface area contributed by atoms with E-state index >= 15 is 0 Å². The summed E-state index contributed by atoms with van der Waals surface area (Å²) in [7, 11) is 0. The summed E-state index contributed by atoms with van der Waals surface area (Å²) in [6.45, 7) is 3.64. The van der Waals surface area contributed by atoms with Crippen LogP contribution in [0, 0.1) is 23.0 Å². The summed E-state index contributed by atoms with van der Waals surface area (Å²) in [5, 5.41) is 11.6. The van der Waals surface area contributed by atoms with Crippen molar-refractivity contribution in [2.75, 3.05) is 22.9 Å². The van der Waals surface area contributed by atoms with Crippen molar-refractivity contribution < 1.29 is 13.5 Å². The fourth-order valence-corrected chi connectivity index (χ4v) is 4.45. The highest BCUT2D eigenvalue weighted by Crippen LogP contribution is 2.38. The molecule has 0 amide bonds. The van der Waals surface area contributed by atoms with Gasteiger partial charge in [-0.25, -0.2) is 8.78 Å². The SMILES string of the molecule is CC1SC=CN1c1cc(C#N)ccc1N1CCC(Oc2ccc(F)cc2F)CC1. The van der Waals surface area contributed by atoms with Gasteiger partial charge in [0.25, 0.3) is 0 Å². The highest BCUT2D eigenvalue weighted by Gasteiger charge is 2.26. The molecule has 2 aliphatic heterocycles. The Labute approximate surface area is 173 Å². The largest absolute Gasteiger partial charge is 0.487 e. The normalized spacial score (nSPS) is 19.4. The maximum atomic E-state index is 13.9. The van der Waals surface area contributed by atoms with Gasteiger partial charge in [0, 0.05) is 38.2 Å². The Balaban J connectivity index is 1.48. The molecule has 0 spiro atoms. The fourth-order valence-electron chi connectivity index (χ4n) is 3.71. The first-order valence-corrected chi connectivity index (χ1v) is 10.5. The van der Waals surface area contributed by atoms with Crippen molar-refractivity contribution in [2.24, 2.45) is 0 Å². The fraction of sp³-hybridized carbons (Fsp3) is 0.318. The summed E-state index contributed by atoms with van der Waals surface area (Å²) in [6, 6.07) is 11.4. The average Bonchev–Trinajstić information content (AvgIpc) is 3.16. The van der Waals surface area contributed by atoms with Crippen LogP contribution in [0.4, 0.5) is 20.2 Å². The van der Waals surface area contributed by atoms with Gasteiger partial charge in [0.15, 0.2) is 11.6 Å². The van der Waals surface area contributed by atoms with Gasteiger partial charge in [0.05, 0.1) is 28.4 Å². The summed E-state index contributed by atoms with van der Waals surface area (Å²) in [5.74, 6) is -1.19. The van der Waals surface area contributed by atoms with Crippen molar-refractivity contribution in [1.82, 2.24) is 0 Å². The van der Waals surface area contributed by atoms with Gasteiger partial charge in [0.2, 0.25) is 0 Å². The lowest BCUT2D eigenvalue weighted by Gasteiger charge is -2.36. The number of benzene rings is 2. The van der Waals surface area contributed by atoms with Crippen molar-refractivity contribution in [3.8, 4) is 11.8 Å². The van der Waals surface area contributed by atoms with Gasteiger partial charge in [-0.1, -0.05) is 0 Å². The third kappa shape index (κ3) is 4.18. The molecule has 4 nitrogen and oxygen atoms in total. The summed E-state index contributed by atoms with van der Waals surface area (Å²) >= 11 is 1.73. The van der Waals surface area contributed by atoms with Gasteiger partial charge < -0.3 is 14.5 Å². The van der Waals surface area contributed by atoms with Gasteiger partial charge in [-0.15, -0.1) is 11.8 Å². The molecule has 2 aromatic carbocycles. The molecule has 1 atom stereocenters. The smallest absolute Gasteiger partial charge is 0.167 e. The van der Waals surface area contributed by atoms with Gasteiger partial charge >= 0.3 is 0 Å². The second kappa shape index (κ2) is 8.34. The third-order valence-electron chi connectivity index (χ3n) is 5.24. The minimum Gasteiger partial charge on any atom is -0.487 e. The molecule has 0 aliphatic carbocycles. The first-order valence-electron chi connectivity index (χ1n) is 9.56. The van der Waals surface area contributed by atoms with E-state index in [1.165, 1.54) is 12.1 Å². The number of thioether (sulfide) groups is 1. The minimum absolute atomic E-state index is 0.0944. The summed E-state index contributed by atoms with van der Waals surface area (Å²) < 4.78 is 32.7. The minimum atomic E-state index is -0.672. The van der Waals surface area contributed by atoms with Crippen LogP contribution in [0.5, 0.6) is 5.75 Å². The third-order valence-corrected chi connectivity index (χ3v) is 6.14. The molecular weight excluding hydrogens is 392 g/mol. The molecule has 0 radical (unpaired) electrons. The zero-order valence-electron chi connectivity index (χ0n) is 16.0. The molecule has 1 fully saturated rings. The molecule has 2 aromatic rings. The predicted molar refractivity (Wildman–Crippen MR) is 112 cm³/mol. The van der Waals surface area contributed by atoms with Crippen LogP contribution in [0.25, 0.3) is 0 Å². The molecular formula is C22H21F2N3OS. The Morgan fingerprint density at radius 1 is 1.10 bits per heavy atom. The lowest BCUT2D eigenvalue weighted by molar-refractivity contribution is 0.163. The Morgan fingerprint density at radius 2 is 1.90 bits per heavy atom. The maximum absolute atomic E-state index is 13.9. The van der Waals surface area contributed by atoms with Crippen LogP contribution in [0.1, 0.15) is 25.3 Å². The second-order valence-corrected chi connectivity index (χ2v) is 8.35. The van der Waals surface area contributed by atoms with E-state index in [0.717, 1.165) is 43.4 Å². The number of anilines is 2. The Bertz CT molecular complexity index is 967. The van der Waals surface area contributed by atoms with Gasteiger partial charge in [-0.2, -0.15) is 5.26 Å². The van der Waals surface area contributed by atoms with E-state index < -0.39 is 11.6 Å². The van der Waals surface area contributed by atoms with Gasteiger partial charge in [-0.3, -0.25) is 0 Å². The van der Waals surface area contributed by atoms with E-state index in [-0.39, 0.29) is 17.2 Å². The summed E-state index contributed by atoms with van der Waals surface area (Å²) in [4.78, 5) is 4.46. The van der Waals surface area contributed by atoms with Crippen molar-refractivity contribution >= 4 is 23.1 Å². The lowest BCUT2D eigenvalue weighted by atomic mass is 10.0. The van der Waals surface area contributed by atoms with E-state index in [1.54, 1.807) is 11.8 Å². The zero-order valence-corrected chi connectivity index (χ0v) is 16.8. The van der Waals surface area contributed by atoms with Crippen molar-refractivity contribution in [1.29, 1.82) is 5.26 Å². The molecule has 1 saturated heterocycles. The number of nitriles is 1. The number of hydrogen-bond acceptors (Lipinski definition) is 5. The second-order valence-electron chi connectivity index (χ2n) is 7.12. The zero-order chi connectivity index (χ0) is 20.4. The molecule has 2 aliphatic rings. The Morgan fingerprint density at radius 3 is 2.55 bits per heavy atom. The molecule has 4 rings (SSSR count). The lowest BCUT2D eigenvalue weighted by Crippen LogP contribution is -2.39. The van der Waals surface area contributed by atoms with Crippen LogP contribution in [-0.4, -0.2) is 24.6 Å². The van der Waals surface area contributed by atoms with Crippen LogP contribution < -0.4 is 14.5 Å². The number of hydrogen-bond donors (Lipinski definition) is 0. The monoisotopic (exact) mass is 413 g/mol. The molecule has 0 N–H and O–H groups in total. The van der Waals surface area contributed by atoms with Crippen molar-refractivity contribution in [3.05, 3.63) is 65.2 Å².